The number of aliphatic hydroxyl groups excluding tert-OH is 1. The van der Waals surface area contributed by atoms with Gasteiger partial charge in [-0.15, -0.1) is 0 Å². The molecule has 0 bridgehead atoms. The molecule has 0 atom stereocenters. The van der Waals surface area contributed by atoms with Gasteiger partial charge in [0.1, 0.15) is 0 Å². The maximum Gasteiger partial charge on any atom is 0.191 e. The largest absolute Gasteiger partial charge is 0.396 e. The Labute approximate surface area is 111 Å². The SMILES string of the molecule is CCNC(=NCC1(CCO)CCCCC1)NCC. The van der Waals surface area contributed by atoms with E-state index < -0.39 is 0 Å². The van der Waals surface area contributed by atoms with Crippen LogP contribution in [0.4, 0.5) is 0 Å². The van der Waals surface area contributed by atoms with E-state index in [2.05, 4.69) is 24.5 Å². The second-order valence-corrected chi connectivity index (χ2v) is 5.26. The van der Waals surface area contributed by atoms with Crippen LogP contribution in [0.15, 0.2) is 4.99 Å². The third-order valence-electron chi connectivity index (χ3n) is 3.82. The van der Waals surface area contributed by atoms with Crippen LogP contribution in [0.2, 0.25) is 0 Å². The van der Waals surface area contributed by atoms with Crippen molar-refractivity contribution in [3.8, 4) is 0 Å². The lowest BCUT2D eigenvalue weighted by Gasteiger charge is -2.35. The molecule has 0 aromatic heterocycles. The van der Waals surface area contributed by atoms with Crippen molar-refractivity contribution in [2.45, 2.75) is 52.4 Å². The van der Waals surface area contributed by atoms with Crippen LogP contribution in [0, 0.1) is 5.41 Å². The van der Waals surface area contributed by atoms with Gasteiger partial charge in [0.2, 0.25) is 0 Å². The summed E-state index contributed by atoms with van der Waals surface area (Å²) in [6.45, 7) is 7.06. The maximum absolute atomic E-state index is 9.28. The summed E-state index contributed by atoms with van der Waals surface area (Å²) < 4.78 is 0. The van der Waals surface area contributed by atoms with E-state index in [9.17, 15) is 5.11 Å². The third kappa shape index (κ3) is 4.84. The van der Waals surface area contributed by atoms with Crippen molar-refractivity contribution in [1.82, 2.24) is 10.6 Å². The lowest BCUT2D eigenvalue weighted by atomic mass is 9.72. The molecule has 3 N–H and O–H groups in total. The van der Waals surface area contributed by atoms with E-state index in [4.69, 9.17) is 4.99 Å². The van der Waals surface area contributed by atoms with Gasteiger partial charge >= 0.3 is 0 Å². The zero-order chi connectivity index (χ0) is 13.3. The smallest absolute Gasteiger partial charge is 0.191 e. The Kier molecular flexibility index (Phi) is 7.09. The quantitative estimate of drug-likeness (QED) is 0.502. The molecule has 0 unspecified atom stereocenters. The highest BCUT2D eigenvalue weighted by molar-refractivity contribution is 5.79. The summed E-state index contributed by atoms with van der Waals surface area (Å²) in [4.78, 5) is 4.70. The van der Waals surface area contributed by atoms with E-state index in [1.165, 1.54) is 32.1 Å². The molecule has 0 amide bonds. The predicted molar refractivity (Wildman–Crippen MR) is 76.9 cm³/mol. The lowest BCUT2D eigenvalue weighted by Crippen LogP contribution is -2.39. The Morgan fingerprint density at radius 3 is 2.22 bits per heavy atom. The lowest BCUT2D eigenvalue weighted by molar-refractivity contribution is 0.137. The van der Waals surface area contributed by atoms with Crippen molar-refractivity contribution in [2.24, 2.45) is 10.4 Å². The minimum absolute atomic E-state index is 0.239. The fourth-order valence-electron chi connectivity index (χ4n) is 2.78. The number of hydrogen-bond acceptors (Lipinski definition) is 2. The topological polar surface area (TPSA) is 56.7 Å². The third-order valence-corrected chi connectivity index (χ3v) is 3.82. The zero-order valence-electron chi connectivity index (χ0n) is 12.0. The van der Waals surface area contributed by atoms with E-state index in [0.717, 1.165) is 32.0 Å². The fraction of sp³-hybridized carbons (Fsp3) is 0.929. The summed E-state index contributed by atoms with van der Waals surface area (Å²) in [7, 11) is 0. The molecule has 0 aliphatic heterocycles. The number of rotatable bonds is 6. The van der Waals surface area contributed by atoms with Crippen molar-refractivity contribution in [3.05, 3.63) is 0 Å². The van der Waals surface area contributed by atoms with E-state index in [0.29, 0.717) is 0 Å². The molecule has 1 saturated carbocycles. The van der Waals surface area contributed by atoms with E-state index in [-0.39, 0.29) is 12.0 Å². The highest BCUT2D eigenvalue weighted by atomic mass is 16.3. The van der Waals surface area contributed by atoms with Crippen LogP contribution in [-0.4, -0.2) is 37.3 Å². The molecule has 0 heterocycles. The van der Waals surface area contributed by atoms with Crippen molar-refractivity contribution in [3.63, 3.8) is 0 Å². The Hall–Kier alpha value is -0.770. The molecule has 106 valence electrons. The number of nitrogens with one attached hydrogen (secondary N) is 2. The molecule has 1 rings (SSSR count). The number of aliphatic hydroxyl groups is 1. The average molecular weight is 255 g/mol. The zero-order valence-corrected chi connectivity index (χ0v) is 12.0. The standard InChI is InChI=1S/C14H29N3O/c1-3-15-13(16-4-2)17-12-14(10-11-18)8-6-5-7-9-14/h18H,3-12H2,1-2H3,(H2,15,16,17). The summed E-state index contributed by atoms with van der Waals surface area (Å²) in [6, 6.07) is 0. The van der Waals surface area contributed by atoms with Gasteiger partial charge in [0, 0.05) is 26.2 Å². The molecule has 0 radical (unpaired) electrons. The minimum atomic E-state index is 0.239. The summed E-state index contributed by atoms with van der Waals surface area (Å²) in [5.41, 5.74) is 0.239. The first-order valence-electron chi connectivity index (χ1n) is 7.39. The van der Waals surface area contributed by atoms with Gasteiger partial charge in [-0.25, -0.2) is 0 Å². The molecule has 18 heavy (non-hydrogen) atoms. The molecule has 1 aliphatic rings. The number of nitrogens with zero attached hydrogens (tertiary/aromatic N) is 1. The van der Waals surface area contributed by atoms with Gasteiger partial charge in [-0.2, -0.15) is 0 Å². The first-order chi connectivity index (χ1) is 8.76. The van der Waals surface area contributed by atoms with Gasteiger partial charge in [0.15, 0.2) is 5.96 Å². The fourth-order valence-corrected chi connectivity index (χ4v) is 2.78. The van der Waals surface area contributed by atoms with Gasteiger partial charge in [-0.3, -0.25) is 4.99 Å². The van der Waals surface area contributed by atoms with Crippen molar-refractivity contribution in [1.29, 1.82) is 0 Å². The minimum Gasteiger partial charge on any atom is -0.396 e. The monoisotopic (exact) mass is 255 g/mol. The second kappa shape index (κ2) is 8.35. The predicted octanol–water partition coefficient (Wildman–Crippen LogP) is 1.89. The van der Waals surface area contributed by atoms with Crippen LogP contribution in [0.1, 0.15) is 52.4 Å². The molecule has 0 spiro atoms. The van der Waals surface area contributed by atoms with Crippen LogP contribution in [-0.2, 0) is 0 Å². The normalized spacial score (nSPS) is 18.2. The summed E-state index contributed by atoms with van der Waals surface area (Å²) >= 11 is 0. The van der Waals surface area contributed by atoms with Crippen molar-refractivity contribution >= 4 is 5.96 Å². The van der Waals surface area contributed by atoms with E-state index in [1.54, 1.807) is 0 Å². The Morgan fingerprint density at radius 2 is 1.72 bits per heavy atom. The van der Waals surface area contributed by atoms with Crippen LogP contribution >= 0.6 is 0 Å². The van der Waals surface area contributed by atoms with Crippen LogP contribution < -0.4 is 10.6 Å². The van der Waals surface area contributed by atoms with Gasteiger partial charge in [0.25, 0.3) is 0 Å². The molecule has 0 aromatic rings. The highest BCUT2D eigenvalue weighted by Gasteiger charge is 2.31. The van der Waals surface area contributed by atoms with Gasteiger partial charge in [-0.1, -0.05) is 19.3 Å². The Morgan fingerprint density at radius 1 is 1.11 bits per heavy atom. The second-order valence-electron chi connectivity index (χ2n) is 5.26. The first-order valence-corrected chi connectivity index (χ1v) is 7.39. The molecule has 1 fully saturated rings. The molecule has 0 aromatic carbocycles. The Balaban J connectivity index is 2.60. The van der Waals surface area contributed by atoms with Crippen molar-refractivity contribution in [2.75, 3.05) is 26.2 Å². The van der Waals surface area contributed by atoms with E-state index >= 15 is 0 Å². The number of hydrogen-bond donors (Lipinski definition) is 3. The highest BCUT2D eigenvalue weighted by Crippen LogP contribution is 2.39. The summed E-state index contributed by atoms with van der Waals surface area (Å²) in [6.07, 6.45) is 7.22. The Bertz CT molecular complexity index is 234. The molecule has 1 aliphatic carbocycles. The number of aliphatic imine (C=N–C) groups is 1. The van der Waals surface area contributed by atoms with Crippen molar-refractivity contribution < 1.29 is 5.11 Å². The molecular formula is C14H29N3O. The maximum atomic E-state index is 9.28. The molecular weight excluding hydrogens is 226 g/mol. The van der Waals surface area contributed by atoms with Gasteiger partial charge in [0.05, 0.1) is 0 Å². The summed E-state index contributed by atoms with van der Waals surface area (Å²) in [5, 5.41) is 15.8. The summed E-state index contributed by atoms with van der Waals surface area (Å²) in [5.74, 6) is 0.905. The van der Waals surface area contributed by atoms with Crippen LogP contribution in [0.25, 0.3) is 0 Å². The number of guanidine groups is 1. The van der Waals surface area contributed by atoms with E-state index in [1.807, 2.05) is 0 Å². The van der Waals surface area contributed by atoms with Crippen LogP contribution in [0.5, 0.6) is 0 Å². The average Bonchev–Trinajstić information content (AvgIpc) is 2.38. The van der Waals surface area contributed by atoms with Crippen LogP contribution in [0.3, 0.4) is 0 Å². The van der Waals surface area contributed by atoms with Gasteiger partial charge in [-0.05, 0) is 38.5 Å². The van der Waals surface area contributed by atoms with Gasteiger partial charge < -0.3 is 15.7 Å². The molecule has 0 saturated heterocycles. The first kappa shape index (κ1) is 15.3. The molecule has 4 nitrogen and oxygen atoms in total. The molecule has 4 heteroatoms.